The number of aliphatic carboxylic acids is 1. The molecule has 0 bridgehead atoms. The van der Waals surface area contributed by atoms with Crippen molar-refractivity contribution in [1.29, 1.82) is 0 Å². The van der Waals surface area contributed by atoms with Crippen molar-refractivity contribution in [2.75, 3.05) is 118 Å². The fraction of sp³-hybridized carbons (Fsp3) is 0.465. The maximum Gasteiger partial charge on any atom is 1.00 e. The van der Waals surface area contributed by atoms with Crippen LogP contribution >= 0.6 is 0 Å². The average molecular weight is 1440 g/mol. The molecule has 4 aliphatic heterocycles. The van der Waals surface area contributed by atoms with Gasteiger partial charge in [0.2, 0.25) is 17.7 Å². The number of benzene rings is 6. The first kappa shape index (κ1) is 82.0. The number of rotatable bonds is 34. The molecular weight excluding hydrogens is 1320 g/mol. The van der Waals surface area contributed by atoms with Gasteiger partial charge in [-0.3, -0.25) is 44.0 Å². The summed E-state index contributed by atoms with van der Waals surface area (Å²) < 4.78 is 11.7. The van der Waals surface area contributed by atoms with Gasteiger partial charge in [-0.25, -0.2) is 0 Å². The number of hydrogen-bond donors (Lipinski definition) is 5. The van der Waals surface area contributed by atoms with Gasteiger partial charge < -0.3 is 50.4 Å². The number of carboxylic acid groups (broad SMARTS) is 1. The fourth-order valence-corrected chi connectivity index (χ4v) is 14.7. The van der Waals surface area contributed by atoms with Crippen LogP contribution in [-0.4, -0.2) is 211 Å². The van der Waals surface area contributed by atoms with Crippen LogP contribution in [0.4, 0.5) is 0 Å². The van der Waals surface area contributed by atoms with Crippen LogP contribution < -0.4 is 49.4 Å². The van der Waals surface area contributed by atoms with E-state index in [0.29, 0.717) is 64.4 Å². The Morgan fingerprint density at radius 1 is 0.443 bits per heavy atom. The summed E-state index contributed by atoms with van der Waals surface area (Å²) in [6, 6.07) is 62.0. The molecule has 0 spiro atoms. The van der Waals surface area contributed by atoms with Crippen molar-refractivity contribution in [3.8, 4) is 11.5 Å². The van der Waals surface area contributed by atoms with E-state index in [1.807, 2.05) is 70.5 Å². The number of pyridine rings is 2. The number of aromatic nitrogens is 2. The number of nitrogens with zero attached hydrogens (tertiary/aromatic N) is 7. The van der Waals surface area contributed by atoms with Gasteiger partial charge >= 0.3 is 18.9 Å². The van der Waals surface area contributed by atoms with Gasteiger partial charge in [-0.2, -0.15) is 0 Å². The van der Waals surface area contributed by atoms with E-state index in [0.717, 1.165) is 170 Å². The molecule has 6 heterocycles. The quantitative estimate of drug-likeness (QED) is 0.0282. The maximum absolute atomic E-state index is 13.5. The van der Waals surface area contributed by atoms with Gasteiger partial charge in [0.1, 0.15) is 36.9 Å². The summed E-state index contributed by atoms with van der Waals surface area (Å²) in [6.07, 6.45) is 18.2. The van der Waals surface area contributed by atoms with Crippen molar-refractivity contribution < 1.29 is 62.8 Å². The third-order valence-electron chi connectivity index (χ3n) is 20.7. The molecule has 3 amide bonds. The van der Waals surface area contributed by atoms with Gasteiger partial charge in [0.25, 0.3) is 0 Å². The minimum absolute atomic E-state index is 0. The Balaban J connectivity index is 0.000000202. The largest absolute Gasteiger partial charge is 1.00 e. The standard InChI is InChI=1S/C43H55N5O4.C25H34N2O.C18H23N3O4.Li/c49-38(33-52-41-21-9-20-40-39(41)19-10-24-44-40)31-46-27-29-47(30-28-46)32-42(50)48-25-22-36(23-26-48)43(51)45-37(17-7-15-34-11-3-1-4-12-34)18-8-16-35-13-5-2-6-14-35;28-25(23-17-19-26-20-18-23)27-24(15-7-13-21-9-3-1-4-10-21)16-8-14-22-11-5-2-6-12-22;22-14(11-20-7-9-21(10-8-20)12-18(23)24)13-25-17-5-1-4-16-15(17)3-2-6-19-16;/h1-6,9-14,19-21,24,36-38,49H,7-8,15-18,22-23,25-33H2,(H,45,51);1-6,9-12,23-24,26H,7-8,13-20H2,(H,27,28);1-6,14,22H,7-13H2,(H,23,24);/q;;;+1/p-1/t38-;;14-;/m1.1./s1. The summed E-state index contributed by atoms with van der Waals surface area (Å²) in [4.78, 5) is 69.1. The van der Waals surface area contributed by atoms with E-state index >= 15 is 0 Å². The molecule has 8 aromatic rings. The second-order valence-electron chi connectivity index (χ2n) is 28.7. The van der Waals surface area contributed by atoms with Crippen molar-refractivity contribution in [1.82, 2.24) is 50.4 Å². The smallest absolute Gasteiger partial charge is 0.549 e. The van der Waals surface area contributed by atoms with Crippen molar-refractivity contribution >= 4 is 45.5 Å². The first-order valence-corrected chi connectivity index (χ1v) is 38.6. The van der Waals surface area contributed by atoms with Crippen LogP contribution in [-0.2, 0) is 44.9 Å². The molecule has 560 valence electrons. The molecule has 0 unspecified atom stereocenters. The number of β-amino-alcohol motifs (C(OH)–C–C–N with tert-alkyl or cyclic N) is 2. The molecule has 4 fully saturated rings. The van der Waals surface area contributed by atoms with Crippen LogP contribution in [0.25, 0.3) is 21.8 Å². The number of fused-ring (bicyclic) bond motifs is 2. The third kappa shape index (κ3) is 28.6. The number of aryl methyl sites for hydroxylation is 4. The number of aliphatic hydroxyl groups excluding tert-OH is 2. The van der Waals surface area contributed by atoms with E-state index in [9.17, 15) is 34.5 Å². The first-order chi connectivity index (χ1) is 51.4. The van der Waals surface area contributed by atoms with E-state index in [4.69, 9.17) is 9.47 Å². The SMILES string of the molecule is O=C(NC(CCCc1ccccc1)CCCc1ccccc1)C1CCN(C(=O)CN2CCN(C[C@@H](O)COc3cccc4ncccc34)CC2)CC1.O=C(NC(CCCc1ccccc1)CCCc1ccccc1)C1CCNCC1.O=C([O-])CN1CCN(C[C@@H](O)COc2cccc3ncccc23)CC1.[Li+]. The molecule has 12 rings (SSSR count). The van der Waals surface area contributed by atoms with Crippen LogP contribution in [0.2, 0.25) is 0 Å². The number of nitrogens with one attached hydrogen (secondary N) is 3. The second kappa shape index (κ2) is 45.6. The molecule has 20 heteroatoms. The second-order valence-corrected chi connectivity index (χ2v) is 28.7. The topological polar surface area (TPSA) is 228 Å². The van der Waals surface area contributed by atoms with Gasteiger partial charge in [-0.05, 0) is 187 Å². The van der Waals surface area contributed by atoms with E-state index in [1.165, 1.54) is 22.3 Å². The molecule has 6 aromatic carbocycles. The van der Waals surface area contributed by atoms with E-state index < -0.39 is 18.2 Å². The number of piperidine rings is 2. The number of hydrogen-bond acceptors (Lipinski definition) is 16. The normalized spacial score (nSPS) is 16.2. The summed E-state index contributed by atoms with van der Waals surface area (Å²) in [5.74, 6) is 1.09. The van der Waals surface area contributed by atoms with E-state index in [2.05, 4.69) is 162 Å². The summed E-state index contributed by atoms with van der Waals surface area (Å²) in [6.45, 7) is 10.9. The summed E-state index contributed by atoms with van der Waals surface area (Å²) in [7, 11) is 0. The Bertz CT molecular complexity index is 3720. The number of amides is 3. The summed E-state index contributed by atoms with van der Waals surface area (Å²) in [5, 5.41) is 43.6. The summed E-state index contributed by atoms with van der Waals surface area (Å²) >= 11 is 0. The minimum Gasteiger partial charge on any atom is -0.549 e. The number of aliphatic hydroxyl groups is 2. The van der Waals surface area contributed by atoms with Crippen molar-refractivity contribution in [3.05, 3.63) is 217 Å². The predicted molar refractivity (Wildman–Crippen MR) is 414 cm³/mol. The Morgan fingerprint density at radius 2 is 0.802 bits per heavy atom. The van der Waals surface area contributed by atoms with Crippen LogP contribution in [0.3, 0.4) is 0 Å². The molecule has 0 saturated carbocycles. The number of likely N-dealkylation sites (tertiary alicyclic amines) is 1. The Morgan fingerprint density at radius 3 is 1.18 bits per heavy atom. The number of carbonyl (C=O) groups excluding carboxylic acids is 4. The van der Waals surface area contributed by atoms with Crippen LogP contribution in [0.5, 0.6) is 11.5 Å². The maximum atomic E-state index is 13.5. The Kier molecular flexibility index (Phi) is 35.2. The third-order valence-corrected chi connectivity index (χ3v) is 20.7. The van der Waals surface area contributed by atoms with Crippen molar-refractivity contribution in [2.45, 2.75) is 127 Å². The molecular formula is C86H111LiN10O9. The van der Waals surface area contributed by atoms with E-state index in [-0.39, 0.29) is 80.3 Å². The number of carbonyl (C=O) groups is 4. The van der Waals surface area contributed by atoms with Gasteiger partial charge in [0, 0.05) is 132 Å². The number of ether oxygens (including phenoxy) is 2. The van der Waals surface area contributed by atoms with Crippen LogP contribution in [0.15, 0.2) is 194 Å². The Hall–Kier alpha value is -8.06. The van der Waals surface area contributed by atoms with Crippen LogP contribution in [0.1, 0.15) is 99.3 Å². The van der Waals surface area contributed by atoms with Gasteiger partial charge in [-0.15, -0.1) is 0 Å². The number of carboxylic acids is 1. The molecule has 19 nitrogen and oxygen atoms in total. The molecule has 2 aromatic heterocycles. The van der Waals surface area contributed by atoms with Gasteiger partial charge in [-0.1, -0.05) is 133 Å². The van der Waals surface area contributed by atoms with E-state index in [1.54, 1.807) is 12.4 Å². The van der Waals surface area contributed by atoms with Gasteiger partial charge in [0.05, 0.1) is 23.5 Å². The number of piperazine rings is 2. The average Bonchev–Trinajstić information content (AvgIpc) is 0.829. The monoisotopic (exact) mass is 1430 g/mol. The molecule has 5 N–H and O–H groups in total. The summed E-state index contributed by atoms with van der Waals surface area (Å²) in [5.41, 5.74) is 7.18. The molecule has 0 radical (unpaired) electrons. The molecule has 106 heavy (non-hydrogen) atoms. The first-order valence-electron chi connectivity index (χ1n) is 38.6. The fourth-order valence-electron chi connectivity index (χ4n) is 14.7. The zero-order valence-electron chi connectivity index (χ0n) is 62.4. The molecule has 4 saturated heterocycles. The van der Waals surface area contributed by atoms with Gasteiger partial charge in [0.15, 0.2) is 0 Å². The minimum atomic E-state index is -1.05. The van der Waals surface area contributed by atoms with Crippen molar-refractivity contribution in [3.63, 3.8) is 0 Å². The zero-order chi connectivity index (χ0) is 73.1. The molecule has 4 aliphatic rings. The zero-order valence-corrected chi connectivity index (χ0v) is 62.4. The predicted octanol–water partition coefficient (Wildman–Crippen LogP) is 6.22. The molecule has 2 atom stereocenters. The molecule has 0 aliphatic carbocycles. The Labute approximate surface area is 640 Å². The van der Waals surface area contributed by atoms with Crippen LogP contribution in [0, 0.1) is 11.8 Å². The van der Waals surface area contributed by atoms with Crippen molar-refractivity contribution in [2.24, 2.45) is 11.8 Å².